The topological polar surface area (TPSA) is 70.9 Å². The smallest absolute Gasteiger partial charge is 0.221 e. The van der Waals surface area contributed by atoms with Gasteiger partial charge in [0.15, 0.2) is 0 Å². The summed E-state index contributed by atoms with van der Waals surface area (Å²) in [7, 11) is 0. The number of hydrogen-bond donors (Lipinski definition) is 3. The first-order valence-corrected chi connectivity index (χ1v) is 4.83. The lowest BCUT2D eigenvalue weighted by Crippen LogP contribution is -2.31. The molecule has 1 aromatic rings. The molecule has 14 heavy (non-hydrogen) atoms. The van der Waals surface area contributed by atoms with Gasteiger partial charge in [0.1, 0.15) is 0 Å². The number of carbonyl (C=O) groups excluding carboxylic acids is 1. The summed E-state index contributed by atoms with van der Waals surface area (Å²) in [5.41, 5.74) is 6.62. The molecule has 0 spiro atoms. The fourth-order valence-electron chi connectivity index (χ4n) is 1.22. The first-order valence-electron chi connectivity index (χ1n) is 4.83. The number of carbonyl (C=O) groups is 1. The maximum Gasteiger partial charge on any atom is 0.221 e. The quantitative estimate of drug-likeness (QED) is 0.637. The van der Waals surface area contributed by atoms with Gasteiger partial charge in [-0.2, -0.15) is 0 Å². The zero-order valence-electron chi connectivity index (χ0n) is 8.42. The summed E-state index contributed by atoms with van der Waals surface area (Å²) in [6.07, 6.45) is 3.10. The van der Waals surface area contributed by atoms with E-state index in [1.807, 2.05) is 25.3 Å². The molecule has 4 N–H and O–H groups in total. The third-order valence-electron chi connectivity index (χ3n) is 1.89. The van der Waals surface area contributed by atoms with E-state index in [9.17, 15) is 4.79 Å². The number of aromatic nitrogens is 1. The van der Waals surface area contributed by atoms with E-state index < -0.39 is 0 Å². The van der Waals surface area contributed by atoms with Crippen molar-refractivity contribution in [2.24, 2.45) is 5.73 Å². The minimum Gasteiger partial charge on any atom is -0.365 e. The van der Waals surface area contributed by atoms with E-state index in [1.54, 1.807) is 0 Å². The Labute approximate surface area is 83.9 Å². The highest BCUT2D eigenvalue weighted by molar-refractivity contribution is 5.76. The van der Waals surface area contributed by atoms with Crippen molar-refractivity contribution in [1.29, 1.82) is 0 Å². The molecule has 78 valence electrons. The van der Waals surface area contributed by atoms with Crippen molar-refractivity contribution in [1.82, 2.24) is 10.3 Å². The van der Waals surface area contributed by atoms with Crippen LogP contribution >= 0.6 is 0 Å². The molecule has 0 saturated carbocycles. The van der Waals surface area contributed by atoms with E-state index in [4.69, 9.17) is 5.73 Å². The van der Waals surface area contributed by atoms with Gasteiger partial charge in [-0.1, -0.05) is 0 Å². The third kappa shape index (κ3) is 4.09. The third-order valence-corrected chi connectivity index (χ3v) is 1.89. The summed E-state index contributed by atoms with van der Waals surface area (Å²) < 4.78 is 0. The molecular formula is C10H17N3O. The van der Waals surface area contributed by atoms with Crippen LogP contribution in [0.4, 0.5) is 0 Å². The van der Waals surface area contributed by atoms with Crippen LogP contribution in [0.3, 0.4) is 0 Å². The lowest BCUT2D eigenvalue weighted by atomic mass is 10.2. The van der Waals surface area contributed by atoms with Gasteiger partial charge in [-0.3, -0.25) is 4.79 Å². The largest absolute Gasteiger partial charge is 0.365 e. The highest BCUT2D eigenvalue weighted by atomic mass is 16.1. The first kappa shape index (κ1) is 10.8. The zero-order chi connectivity index (χ0) is 10.4. The van der Waals surface area contributed by atoms with Gasteiger partial charge in [-0.05, 0) is 19.1 Å². The highest BCUT2D eigenvalue weighted by Crippen LogP contribution is 1.94. The molecule has 1 aromatic heterocycles. The minimum atomic E-state index is -0.0690. The molecule has 0 aromatic carbocycles. The molecule has 0 aliphatic carbocycles. The number of nitrogens with one attached hydrogen (secondary N) is 2. The molecule has 0 saturated heterocycles. The molecule has 1 atom stereocenters. The van der Waals surface area contributed by atoms with Crippen molar-refractivity contribution in [2.75, 3.05) is 6.54 Å². The average Bonchev–Trinajstić information content (AvgIpc) is 2.55. The number of H-pyrrole nitrogens is 1. The van der Waals surface area contributed by atoms with Crippen LogP contribution in [0.25, 0.3) is 0 Å². The van der Waals surface area contributed by atoms with Gasteiger partial charge in [0.05, 0.1) is 0 Å². The van der Waals surface area contributed by atoms with Gasteiger partial charge in [0.2, 0.25) is 5.91 Å². The standard InChI is InChI=1S/C10H17N3O/c1-8(11)7-10(14)13-6-4-9-3-2-5-12-9/h2-3,5,8,12H,4,6-7,11H2,1H3,(H,13,14). The van der Waals surface area contributed by atoms with E-state index in [-0.39, 0.29) is 11.9 Å². The molecule has 1 amide bonds. The molecule has 0 aliphatic rings. The fraction of sp³-hybridized carbons (Fsp3) is 0.500. The maximum atomic E-state index is 11.2. The van der Waals surface area contributed by atoms with E-state index in [0.717, 1.165) is 12.1 Å². The van der Waals surface area contributed by atoms with Gasteiger partial charge in [-0.15, -0.1) is 0 Å². The summed E-state index contributed by atoms with van der Waals surface area (Å²) >= 11 is 0. The Hall–Kier alpha value is -1.29. The fourth-order valence-corrected chi connectivity index (χ4v) is 1.22. The van der Waals surface area contributed by atoms with Gasteiger partial charge in [-0.25, -0.2) is 0 Å². The van der Waals surface area contributed by atoms with E-state index in [2.05, 4.69) is 10.3 Å². The highest BCUT2D eigenvalue weighted by Gasteiger charge is 2.03. The van der Waals surface area contributed by atoms with Gasteiger partial charge < -0.3 is 16.0 Å². The summed E-state index contributed by atoms with van der Waals surface area (Å²) in [6.45, 7) is 2.48. The van der Waals surface area contributed by atoms with Crippen molar-refractivity contribution in [3.05, 3.63) is 24.0 Å². The Morgan fingerprint density at radius 3 is 3.07 bits per heavy atom. The minimum absolute atomic E-state index is 0.0200. The second-order valence-electron chi connectivity index (χ2n) is 3.48. The van der Waals surface area contributed by atoms with Gasteiger partial charge in [0.25, 0.3) is 0 Å². The summed E-state index contributed by atoms with van der Waals surface area (Å²) in [5.74, 6) is 0.0200. The van der Waals surface area contributed by atoms with Crippen molar-refractivity contribution in [3.63, 3.8) is 0 Å². The Kier molecular flexibility index (Phi) is 4.19. The molecule has 1 unspecified atom stereocenters. The number of amides is 1. The molecule has 0 bridgehead atoms. The average molecular weight is 195 g/mol. The maximum absolute atomic E-state index is 11.2. The van der Waals surface area contributed by atoms with Gasteiger partial charge in [0, 0.05) is 37.3 Å². The van der Waals surface area contributed by atoms with Crippen LogP contribution in [-0.2, 0) is 11.2 Å². The molecule has 0 fully saturated rings. The van der Waals surface area contributed by atoms with Crippen molar-refractivity contribution >= 4 is 5.91 Å². The van der Waals surface area contributed by atoms with Crippen LogP contribution in [0.1, 0.15) is 19.0 Å². The Morgan fingerprint density at radius 2 is 2.50 bits per heavy atom. The molecule has 1 rings (SSSR count). The predicted molar refractivity (Wildman–Crippen MR) is 55.8 cm³/mol. The number of rotatable bonds is 5. The van der Waals surface area contributed by atoms with E-state index in [0.29, 0.717) is 13.0 Å². The first-order chi connectivity index (χ1) is 6.68. The Balaban J connectivity index is 2.12. The van der Waals surface area contributed by atoms with Crippen LogP contribution in [0, 0.1) is 0 Å². The molecule has 1 heterocycles. The van der Waals surface area contributed by atoms with Crippen LogP contribution < -0.4 is 11.1 Å². The molecular weight excluding hydrogens is 178 g/mol. The SMILES string of the molecule is CC(N)CC(=O)NCCc1ccc[nH]1. The summed E-state index contributed by atoms with van der Waals surface area (Å²) in [6, 6.07) is 3.87. The summed E-state index contributed by atoms with van der Waals surface area (Å²) in [5, 5.41) is 2.81. The number of nitrogens with two attached hydrogens (primary N) is 1. The Bertz CT molecular complexity index is 267. The van der Waals surface area contributed by atoms with E-state index in [1.165, 1.54) is 0 Å². The van der Waals surface area contributed by atoms with Crippen LogP contribution in [0.5, 0.6) is 0 Å². The lowest BCUT2D eigenvalue weighted by molar-refractivity contribution is -0.121. The second kappa shape index (κ2) is 5.44. The van der Waals surface area contributed by atoms with Crippen molar-refractivity contribution in [3.8, 4) is 0 Å². The zero-order valence-corrected chi connectivity index (χ0v) is 8.42. The molecule has 4 heteroatoms. The monoisotopic (exact) mass is 195 g/mol. The van der Waals surface area contributed by atoms with Crippen LogP contribution in [0.15, 0.2) is 18.3 Å². The number of aromatic amines is 1. The normalized spacial score (nSPS) is 12.4. The van der Waals surface area contributed by atoms with Crippen molar-refractivity contribution < 1.29 is 4.79 Å². The molecule has 4 nitrogen and oxygen atoms in total. The van der Waals surface area contributed by atoms with Crippen molar-refractivity contribution in [2.45, 2.75) is 25.8 Å². The molecule has 0 aliphatic heterocycles. The number of hydrogen-bond acceptors (Lipinski definition) is 2. The van der Waals surface area contributed by atoms with Gasteiger partial charge >= 0.3 is 0 Å². The van der Waals surface area contributed by atoms with E-state index >= 15 is 0 Å². The summed E-state index contributed by atoms with van der Waals surface area (Å²) in [4.78, 5) is 14.3. The Morgan fingerprint density at radius 1 is 1.71 bits per heavy atom. The molecule has 0 radical (unpaired) electrons. The lowest BCUT2D eigenvalue weighted by Gasteiger charge is -2.06. The van der Waals surface area contributed by atoms with Crippen LogP contribution in [0.2, 0.25) is 0 Å². The van der Waals surface area contributed by atoms with Crippen LogP contribution in [-0.4, -0.2) is 23.5 Å². The second-order valence-corrected chi connectivity index (χ2v) is 3.48. The predicted octanol–water partition coefficient (Wildman–Crippen LogP) is 0.411.